The monoisotopic (exact) mass is 1870 g/mol. The Labute approximate surface area is 774 Å². The minimum Gasteiger partial charge on any atom is -0.481 e. The Morgan fingerprint density at radius 1 is 0.541 bits per heavy atom. The number of carbonyl (C=O) groups is 18. The Bertz CT molecular complexity index is 5140. The van der Waals surface area contributed by atoms with Gasteiger partial charge in [-0.3, -0.25) is 91.2 Å². The van der Waals surface area contributed by atoms with E-state index in [1.807, 2.05) is 6.92 Å². The third-order valence-electron chi connectivity index (χ3n) is 25.4. The number of nitrogens with two attached hydrogens (primary N) is 4. The summed E-state index contributed by atoms with van der Waals surface area (Å²) >= 11 is 6.27. The van der Waals surface area contributed by atoms with Crippen molar-refractivity contribution in [1.29, 1.82) is 0 Å². The molecule has 1 spiro atoms. The number of H-pyrrole nitrogens is 1. The second-order valence-corrected chi connectivity index (χ2v) is 35.9. The van der Waals surface area contributed by atoms with Gasteiger partial charge in [0.05, 0.1) is 12.5 Å². The molecule has 5 aliphatic heterocycles. The highest BCUT2D eigenvalue weighted by molar-refractivity contribution is 6.30. The molecule has 20 N–H and O–H groups in total. The second kappa shape index (κ2) is 46.6. The fourth-order valence-corrected chi connectivity index (χ4v) is 18.5. The van der Waals surface area contributed by atoms with Crippen molar-refractivity contribution in [3.63, 3.8) is 0 Å². The molecular formula is C91H125ClN20O21. The van der Waals surface area contributed by atoms with Crippen molar-refractivity contribution in [2.24, 2.45) is 28.9 Å². The van der Waals surface area contributed by atoms with Gasteiger partial charge in [-0.15, -0.1) is 0 Å². The van der Waals surface area contributed by atoms with Crippen LogP contribution in [0.5, 0.6) is 0 Å². The number of aliphatic hydroxyl groups is 1. The quantitative estimate of drug-likeness (QED) is 0.0326. The average molecular weight is 1870 g/mol. The molecule has 16 amide bonds. The summed E-state index contributed by atoms with van der Waals surface area (Å²) < 4.78 is 1.43. The lowest BCUT2D eigenvalue weighted by atomic mass is 9.97. The summed E-state index contributed by atoms with van der Waals surface area (Å²) in [5.41, 5.74) is 24.5. The number of piperidine rings is 1. The van der Waals surface area contributed by atoms with Crippen LogP contribution in [-0.2, 0) is 112 Å². The summed E-state index contributed by atoms with van der Waals surface area (Å²) in [6, 6.07) is -0.219. The lowest BCUT2D eigenvalue weighted by Gasteiger charge is -2.38. The lowest BCUT2D eigenvalue weighted by Crippen LogP contribution is -2.62. The molecule has 10 rings (SSSR count). The van der Waals surface area contributed by atoms with Gasteiger partial charge in [0.15, 0.2) is 0 Å². The summed E-state index contributed by atoms with van der Waals surface area (Å²) in [4.78, 5) is 273. The molecule has 15 atom stereocenters. The third-order valence-corrected chi connectivity index (χ3v) is 25.6. The topological polar surface area (TPSA) is 608 Å². The van der Waals surface area contributed by atoms with Crippen molar-refractivity contribution in [3.05, 3.63) is 107 Å². The van der Waals surface area contributed by atoms with Crippen molar-refractivity contribution >= 4 is 140 Å². The van der Waals surface area contributed by atoms with Crippen LogP contribution in [0.4, 0.5) is 0 Å². The third kappa shape index (κ3) is 25.4. The van der Waals surface area contributed by atoms with E-state index in [9.17, 15) is 63.3 Å². The molecule has 5 aromatic rings. The molecule has 722 valence electrons. The van der Waals surface area contributed by atoms with E-state index in [1.54, 1.807) is 99.8 Å². The maximum atomic E-state index is 16.0. The van der Waals surface area contributed by atoms with E-state index in [2.05, 4.69) is 47.5 Å². The SMILES string of the molecule is CCCC[C@H]1C(=O)N(C)[C@@H](CCCC)C(=O)N[C@@H](CCC(=O)O)C(=O)N[C@H](C(N)=O)CCCC(=O)N[C@@H](Cc2ccc(Cl)cc2)C(=O)N2CCCC[C@H]2C(=O)N[C@@H](CC(N)=O)C(=O)N2CCC[C@H]2C(=O)N[C@@H](CN)C(=O)N[C@@H](CC(C)C)C(=O)N2C[C@H](O)C[C@@]23C(=O)N3[C@@H](Cc2c[nH]c3ccccc23)C(=O)N[C@@H](CCN)C(=O)N[C@@H](Cc2cn(CC(=O)O)c3ccccc23)C(=O)N1C. The van der Waals surface area contributed by atoms with Crippen molar-refractivity contribution in [2.45, 2.75) is 272 Å². The average Bonchev–Trinajstić information content (AvgIpc) is 1.51. The van der Waals surface area contributed by atoms with E-state index in [1.165, 1.54) is 29.8 Å². The number of carbonyl (C=O) groups excluding carboxylic acids is 16. The van der Waals surface area contributed by atoms with Crippen LogP contribution in [0.25, 0.3) is 21.8 Å². The van der Waals surface area contributed by atoms with Gasteiger partial charge in [-0.1, -0.05) is 114 Å². The van der Waals surface area contributed by atoms with Crippen LogP contribution in [0.1, 0.15) is 173 Å². The van der Waals surface area contributed by atoms with Crippen LogP contribution in [0.3, 0.4) is 0 Å². The number of nitrogens with one attached hydrogen (secondary N) is 9. The summed E-state index contributed by atoms with van der Waals surface area (Å²) in [6.07, 6.45) is -0.855. The Hall–Kier alpha value is -12.6. The number of aromatic nitrogens is 2. The van der Waals surface area contributed by atoms with Gasteiger partial charge in [0.25, 0.3) is 5.91 Å². The molecule has 3 aromatic carbocycles. The van der Waals surface area contributed by atoms with Crippen molar-refractivity contribution in [3.8, 4) is 0 Å². The molecule has 2 aromatic heterocycles. The number of para-hydroxylation sites is 2. The molecule has 5 saturated heterocycles. The van der Waals surface area contributed by atoms with Crippen LogP contribution < -0.4 is 65.5 Å². The molecule has 0 bridgehead atoms. The van der Waals surface area contributed by atoms with E-state index in [0.29, 0.717) is 69.2 Å². The number of hydrogen-bond acceptors (Lipinski definition) is 21. The molecule has 5 fully saturated rings. The van der Waals surface area contributed by atoms with Crippen LogP contribution >= 0.6 is 11.6 Å². The molecule has 42 heteroatoms. The minimum absolute atomic E-state index is 0.00908. The zero-order valence-electron chi connectivity index (χ0n) is 75.8. The van der Waals surface area contributed by atoms with Crippen molar-refractivity contribution < 1.29 is 102 Å². The van der Waals surface area contributed by atoms with E-state index in [4.69, 9.17) is 34.5 Å². The number of likely N-dealkylation sites (N-methyl/N-ethyl adjacent to an activating group) is 2. The van der Waals surface area contributed by atoms with E-state index < -0.39 is 261 Å². The number of fused-ring (bicyclic) bond motifs is 4. The van der Waals surface area contributed by atoms with E-state index in [-0.39, 0.29) is 103 Å². The Morgan fingerprint density at radius 3 is 1.74 bits per heavy atom. The van der Waals surface area contributed by atoms with Crippen LogP contribution in [0.15, 0.2) is 85.2 Å². The van der Waals surface area contributed by atoms with Gasteiger partial charge in [0.2, 0.25) is 94.3 Å². The number of unbranched alkanes of at least 4 members (excludes halogenated alkanes) is 2. The number of rotatable bonds is 25. The predicted molar refractivity (Wildman–Crippen MR) is 484 cm³/mol. The number of aliphatic hydroxyl groups excluding tert-OH is 1. The lowest BCUT2D eigenvalue weighted by molar-refractivity contribution is -0.149. The molecule has 0 saturated carbocycles. The fourth-order valence-electron chi connectivity index (χ4n) is 18.4. The largest absolute Gasteiger partial charge is 0.481 e. The maximum absolute atomic E-state index is 16.0. The number of primary amides is 2. The highest BCUT2D eigenvalue weighted by atomic mass is 35.5. The smallest absolute Gasteiger partial charge is 0.323 e. The minimum atomic E-state index is -2.10. The van der Waals surface area contributed by atoms with Gasteiger partial charge >= 0.3 is 11.9 Å². The summed E-state index contributed by atoms with van der Waals surface area (Å²) in [6.45, 7) is 5.00. The van der Waals surface area contributed by atoms with E-state index in [0.717, 1.165) is 24.5 Å². The Morgan fingerprint density at radius 2 is 1.11 bits per heavy atom. The highest BCUT2D eigenvalue weighted by Crippen LogP contribution is 2.49. The first kappa shape index (κ1) is 102. The molecule has 41 nitrogen and oxygen atoms in total. The zero-order valence-corrected chi connectivity index (χ0v) is 76.5. The first-order chi connectivity index (χ1) is 63.3. The summed E-state index contributed by atoms with van der Waals surface area (Å²) in [5.74, 6) is -17.9. The van der Waals surface area contributed by atoms with E-state index >= 15 is 38.4 Å². The number of aromatic amines is 1. The Kier molecular flexibility index (Phi) is 35.9. The van der Waals surface area contributed by atoms with Gasteiger partial charge in [0, 0.05) is 118 Å². The van der Waals surface area contributed by atoms with Crippen LogP contribution in [0, 0.1) is 5.92 Å². The first-order valence-electron chi connectivity index (χ1n) is 45.5. The zero-order chi connectivity index (χ0) is 97.0. The molecule has 5 aliphatic rings. The highest BCUT2D eigenvalue weighted by Gasteiger charge is 2.74. The molecule has 0 aliphatic carbocycles. The van der Waals surface area contributed by atoms with Gasteiger partial charge in [0.1, 0.15) is 85.1 Å². The molecule has 0 radical (unpaired) electrons. The first-order valence-corrected chi connectivity index (χ1v) is 45.9. The number of aliphatic carboxylic acids is 2. The number of carboxylic acid groups (broad SMARTS) is 2. The summed E-state index contributed by atoms with van der Waals surface area (Å²) in [7, 11) is 2.61. The standard InChI is InChI=1S/C91H125ClN20O21/c1-7-9-23-68-81(124)100-60(33-34-75(116)117)78(121)99-59(77(96)120)22-17-28-74(115)98-63(40-51-29-31-54(92)32-30-51)86(129)109-37-16-15-26-69(109)82(125)104-65(43-73(95)114)87(130)110-38-18-27-70(110)83(126)105-66(45-94)80(123)102-62(39-50(3)4)88(131)111-48-55(113)44-91(111)90(133)112(91)72(42-52-46-97-58-21-13-11-19-56(52)58)84(127)101-61(35-36-93)79(122)103-64(85(128)107(6)71(24-10-8-2)89(132)106(68)5)41-53-47-108(49-76(118)119)67-25-14-12-20-57(53)67/h11-14,19-21,25,29-32,46-47,50,55,59-66,68-72,97,113H,7-10,15-18,22-24,26-28,33-45,48-49,93-94H2,1-6H3,(H2,95,114)(H2,96,120)(H,98,115)(H,99,121)(H,100,124)(H,101,127)(H,102,123)(H,103,122)(H,104,125)(H,105,126)(H,116,117)(H,118,119)/t55-,59+,60+,61+,62+,63+,64+,65+,66+,68+,69+,70+,71+,72+,91-,112?/m1/s1. The number of halogens is 1. The number of benzene rings is 3. The number of amides is 16. The van der Waals surface area contributed by atoms with Gasteiger partial charge in [-0.2, -0.15) is 0 Å². The van der Waals surface area contributed by atoms with Crippen molar-refractivity contribution in [1.82, 2.24) is 81.5 Å². The van der Waals surface area contributed by atoms with Crippen molar-refractivity contribution in [2.75, 3.05) is 46.8 Å². The van der Waals surface area contributed by atoms with Gasteiger partial charge in [-0.05, 0) is 130 Å². The Balaban J connectivity index is 1.03. The maximum Gasteiger partial charge on any atom is 0.323 e. The number of nitrogens with zero attached hydrogens (tertiary/aromatic N) is 7. The van der Waals surface area contributed by atoms with Crippen LogP contribution in [0.2, 0.25) is 5.02 Å². The molecule has 0 unspecified atom stereocenters. The molecular weight excluding hydrogens is 1740 g/mol. The van der Waals surface area contributed by atoms with Gasteiger partial charge in [-0.25, -0.2) is 0 Å². The molecule has 133 heavy (non-hydrogen) atoms. The number of hydrogen-bond donors (Lipinski definition) is 16. The summed E-state index contributed by atoms with van der Waals surface area (Å²) in [5, 5.41) is 54.7. The normalized spacial score (nSPS) is 26.3. The number of carboxylic acids is 2. The predicted octanol–water partition coefficient (Wildman–Crippen LogP) is -0.563. The van der Waals surface area contributed by atoms with Crippen LogP contribution in [-0.4, -0.2) is 298 Å². The fraction of sp³-hybridized carbons (Fsp3) is 0.560. The van der Waals surface area contributed by atoms with Gasteiger partial charge < -0.3 is 115 Å². The second-order valence-electron chi connectivity index (χ2n) is 35.4. The molecule has 7 heterocycles.